The average Bonchev–Trinajstić information content (AvgIpc) is 3.49. The molecule has 0 fully saturated rings. The summed E-state index contributed by atoms with van der Waals surface area (Å²) >= 11 is 0. The number of esters is 1. The highest BCUT2D eigenvalue weighted by Gasteiger charge is 2.26. The van der Waals surface area contributed by atoms with Crippen LogP contribution in [0.3, 0.4) is 0 Å². The number of nitrogens with one attached hydrogen (secondary N) is 1. The van der Waals surface area contributed by atoms with Gasteiger partial charge < -0.3 is 19.0 Å². The van der Waals surface area contributed by atoms with Crippen molar-refractivity contribution in [1.82, 2.24) is 15.5 Å². The topological polar surface area (TPSA) is 107 Å². The van der Waals surface area contributed by atoms with Gasteiger partial charge in [-0.15, -0.1) is 0 Å². The van der Waals surface area contributed by atoms with Crippen molar-refractivity contribution in [1.29, 1.82) is 0 Å². The van der Waals surface area contributed by atoms with E-state index < -0.39 is 17.9 Å². The van der Waals surface area contributed by atoms with E-state index >= 15 is 0 Å². The standard InChI is InChI=1S/C22H16FN3O5/c23-16-10-8-15(9-11-16)21-24-18(26-31-21)13-30-22(28)19(14-5-2-1-3-6-14)25-20(27)17-7-4-12-29-17/h1-12,19H,13H2,(H,25,27). The van der Waals surface area contributed by atoms with Crippen LogP contribution in [0.25, 0.3) is 11.5 Å². The van der Waals surface area contributed by atoms with Gasteiger partial charge in [0.05, 0.1) is 6.26 Å². The van der Waals surface area contributed by atoms with Gasteiger partial charge in [0, 0.05) is 5.56 Å². The summed E-state index contributed by atoms with van der Waals surface area (Å²) in [7, 11) is 0. The van der Waals surface area contributed by atoms with E-state index in [4.69, 9.17) is 13.7 Å². The normalized spacial score (nSPS) is 11.6. The van der Waals surface area contributed by atoms with Crippen molar-refractivity contribution < 1.29 is 27.7 Å². The number of aromatic nitrogens is 2. The molecule has 8 nitrogen and oxygen atoms in total. The molecule has 31 heavy (non-hydrogen) atoms. The van der Waals surface area contributed by atoms with Crippen LogP contribution >= 0.6 is 0 Å². The number of ether oxygens (including phenoxy) is 1. The second-order valence-electron chi connectivity index (χ2n) is 6.42. The lowest BCUT2D eigenvalue weighted by Gasteiger charge is -2.17. The highest BCUT2D eigenvalue weighted by atomic mass is 19.1. The third-order valence-corrected chi connectivity index (χ3v) is 4.29. The van der Waals surface area contributed by atoms with Gasteiger partial charge in [-0.25, -0.2) is 9.18 Å². The molecule has 0 saturated carbocycles. The van der Waals surface area contributed by atoms with Gasteiger partial charge in [0.1, 0.15) is 5.82 Å². The molecule has 156 valence electrons. The number of benzene rings is 2. The van der Waals surface area contributed by atoms with E-state index in [1.165, 1.54) is 36.6 Å². The summed E-state index contributed by atoms with van der Waals surface area (Å²) in [5.74, 6) is -1.31. The van der Waals surface area contributed by atoms with Crippen LogP contribution in [0, 0.1) is 5.82 Å². The second kappa shape index (κ2) is 9.04. The molecule has 2 heterocycles. The Bertz CT molecular complexity index is 1160. The third-order valence-electron chi connectivity index (χ3n) is 4.29. The highest BCUT2D eigenvalue weighted by molar-refractivity contribution is 5.94. The zero-order chi connectivity index (χ0) is 21.6. The quantitative estimate of drug-likeness (QED) is 0.454. The minimum Gasteiger partial charge on any atom is -0.459 e. The van der Waals surface area contributed by atoms with Crippen LogP contribution in [0.1, 0.15) is 28.0 Å². The molecule has 0 bridgehead atoms. The van der Waals surface area contributed by atoms with Crippen molar-refractivity contribution in [2.24, 2.45) is 0 Å². The van der Waals surface area contributed by atoms with Crippen molar-refractivity contribution in [3.63, 3.8) is 0 Å². The SMILES string of the molecule is O=C(NC(C(=O)OCc1noc(-c2ccc(F)cc2)n1)c1ccccc1)c1ccco1. The van der Waals surface area contributed by atoms with E-state index in [2.05, 4.69) is 15.5 Å². The van der Waals surface area contributed by atoms with Crippen molar-refractivity contribution in [3.05, 3.63) is 96.0 Å². The molecule has 0 saturated heterocycles. The summed E-state index contributed by atoms with van der Waals surface area (Å²) in [6.45, 7) is -0.274. The Morgan fingerprint density at radius 3 is 2.52 bits per heavy atom. The lowest BCUT2D eigenvalue weighted by Crippen LogP contribution is -2.34. The fourth-order valence-corrected chi connectivity index (χ4v) is 2.78. The molecule has 2 aromatic carbocycles. The summed E-state index contributed by atoms with van der Waals surface area (Å²) in [5.41, 5.74) is 1.06. The number of hydrogen-bond acceptors (Lipinski definition) is 7. The fourth-order valence-electron chi connectivity index (χ4n) is 2.78. The maximum Gasteiger partial charge on any atom is 0.333 e. The number of hydrogen-bond donors (Lipinski definition) is 1. The van der Waals surface area contributed by atoms with Gasteiger partial charge in [-0.1, -0.05) is 35.5 Å². The lowest BCUT2D eigenvalue weighted by atomic mass is 10.1. The summed E-state index contributed by atoms with van der Waals surface area (Å²) in [6, 6.07) is 16.2. The average molecular weight is 421 g/mol. The molecular formula is C22H16FN3O5. The maximum atomic E-state index is 13.1. The van der Waals surface area contributed by atoms with Gasteiger partial charge in [-0.05, 0) is 42.0 Å². The van der Waals surface area contributed by atoms with Crippen molar-refractivity contribution in [3.8, 4) is 11.5 Å². The number of nitrogens with zero attached hydrogens (tertiary/aromatic N) is 2. The lowest BCUT2D eigenvalue weighted by molar-refractivity contribution is -0.147. The number of furan rings is 1. The predicted molar refractivity (Wildman–Crippen MR) is 105 cm³/mol. The van der Waals surface area contributed by atoms with E-state index in [1.54, 1.807) is 36.4 Å². The first-order chi connectivity index (χ1) is 15.1. The van der Waals surface area contributed by atoms with E-state index in [1.807, 2.05) is 0 Å². The largest absolute Gasteiger partial charge is 0.459 e. The second-order valence-corrected chi connectivity index (χ2v) is 6.42. The highest BCUT2D eigenvalue weighted by Crippen LogP contribution is 2.19. The number of halogens is 1. The first-order valence-electron chi connectivity index (χ1n) is 9.24. The number of amides is 1. The summed E-state index contributed by atoms with van der Waals surface area (Å²) in [4.78, 5) is 29.3. The molecule has 0 aliphatic carbocycles. The molecule has 4 aromatic rings. The molecule has 4 rings (SSSR count). The van der Waals surface area contributed by atoms with Gasteiger partial charge in [0.25, 0.3) is 11.8 Å². The molecule has 1 amide bonds. The van der Waals surface area contributed by atoms with E-state index in [0.717, 1.165) is 0 Å². The molecule has 0 aliphatic rings. The molecule has 2 aromatic heterocycles. The predicted octanol–water partition coefficient (Wildman–Crippen LogP) is 3.68. The Kier molecular flexibility index (Phi) is 5.84. The van der Waals surface area contributed by atoms with Gasteiger partial charge in [0.15, 0.2) is 18.4 Å². The molecule has 9 heteroatoms. The Labute approximate surface area is 175 Å². The summed E-state index contributed by atoms with van der Waals surface area (Å²) < 4.78 is 28.6. The smallest absolute Gasteiger partial charge is 0.333 e. The fraction of sp³-hybridized carbons (Fsp3) is 0.0909. The van der Waals surface area contributed by atoms with Crippen LogP contribution < -0.4 is 5.32 Å². The van der Waals surface area contributed by atoms with Crippen LogP contribution in [-0.4, -0.2) is 22.0 Å². The van der Waals surface area contributed by atoms with Crippen LogP contribution in [0.5, 0.6) is 0 Å². The van der Waals surface area contributed by atoms with Gasteiger partial charge in [-0.3, -0.25) is 4.79 Å². The van der Waals surface area contributed by atoms with Crippen LogP contribution in [0.15, 0.2) is 81.9 Å². The van der Waals surface area contributed by atoms with Crippen molar-refractivity contribution in [2.45, 2.75) is 12.6 Å². The Morgan fingerprint density at radius 2 is 1.81 bits per heavy atom. The van der Waals surface area contributed by atoms with Crippen LogP contribution in [0.2, 0.25) is 0 Å². The molecular weight excluding hydrogens is 405 g/mol. The zero-order valence-electron chi connectivity index (χ0n) is 16.0. The van der Waals surface area contributed by atoms with Crippen molar-refractivity contribution in [2.75, 3.05) is 0 Å². The van der Waals surface area contributed by atoms with Crippen LogP contribution in [0.4, 0.5) is 4.39 Å². The molecule has 0 radical (unpaired) electrons. The summed E-state index contributed by atoms with van der Waals surface area (Å²) in [5, 5.41) is 6.36. The monoisotopic (exact) mass is 421 g/mol. The molecule has 0 spiro atoms. The number of carbonyl (C=O) groups excluding carboxylic acids is 2. The third kappa shape index (κ3) is 4.84. The Morgan fingerprint density at radius 1 is 1.03 bits per heavy atom. The Balaban J connectivity index is 1.45. The zero-order valence-corrected chi connectivity index (χ0v) is 16.0. The van der Waals surface area contributed by atoms with E-state index in [9.17, 15) is 14.0 Å². The molecule has 1 N–H and O–H groups in total. The Hall–Kier alpha value is -4.27. The molecule has 1 unspecified atom stereocenters. The minimum absolute atomic E-state index is 0.0656. The maximum absolute atomic E-state index is 13.1. The van der Waals surface area contributed by atoms with Crippen LogP contribution in [-0.2, 0) is 16.1 Å². The number of rotatable bonds is 7. The molecule has 0 aliphatic heterocycles. The van der Waals surface area contributed by atoms with E-state index in [-0.39, 0.29) is 29.9 Å². The first-order valence-corrected chi connectivity index (χ1v) is 9.24. The van der Waals surface area contributed by atoms with Gasteiger partial charge >= 0.3 is 5.97 Å². The van der Waals surface area contributed by atoms with Gasteiger partial charge in [0.2, 0.25) is 5.82 Å². The van der Waals surface area contributed by atoms with E-state index in [0.29, 0.717) is 11.1 Å². The summed E-state index contributed by atoms with van der Waals surface area (Å²) in [6.07, 6.45) is 1.36. The minimum atomic E-state index is -1.07. The molecule has 1 atom stereocenters. The van der Waals surface area contributed by atoms with Crippen molar-refractivity contribution >= 4 is 11.9 Å². The first kappa shape index (κ1) is 20.0. The van der Waals surface area contributed by atoms with Gasteiger partial charge in [-0.2, -0.15) is 4.98 Å². The number of carbonyl (C=O) groups is 2.